The maximum atomic E-state index is 13.7. The molecule has 0 aliphatic carbocycles. The summed E-state index contributed by atoms with van der Waals surface area (Å²) in [6.07, 6.45) is -0.137. The number of amides is 2. The molecule has 2 amide bonds. The van der Waals surface area contributed by atoms with E-state index >= 15 is 0 Å². The number of nitrogens with one attached hydrogen (secondary N) is 1. The van der Waals surface area contributed by atoms with Crippen LogP contribution in [0.4, 0.5) is 4.79 Å². The molecule has 2 rings (SSSR count). The number of hydrogen-bond acceptors (Lipinski definition) is 5. The van der Waals surface area contributed by atoms with Gasteiger partial charge in [0.25, 0.3) is 0 Å². The molecule has 0 aromatic heterocycles. The number of benzene rings is 1. The van der Waals surface area contributed by atoms with Crippen molar-refractivity contribution in [1.82, 2.24) is 15.1 Å². The van der Waals surface area contributed by atoms with Crippen molar-refractivity contribution in [2.24, 2.45) is 17.8 Å². The van der Waals surface area contributed by atoms with E-state index in [-0.39, 0.29) is 30.2 Å². The Hall–Kier alpha value is -2.28. The van der Waals surface area contributed by atoms with Gasteiger partial charge in [0.05, 0.1) is 6.54 Å². The SMILES string of the molecule is CC(C)CN(CC(C)C)C[C@@H](NC(=O)[C@H]1Cc2ccc(O)cc2CN1C(=O)OC(C)(C)C)C(C)C. The monoisotopic (exact) mass is 489 g/mol. The average molecular weight is 490 g/mol. The van der Waals surface area contributed by atoms with E-state index in [4.69, 9.17) is 4.74 Å². The molecule has 7 nitrogen and oxygen atoms in total. The number of aromatic hydroxyl groups is 1. The number of hydrogen-bond donors (Lipinski definition) is 2. The Morgan fingerprint density at radius 3 is 2.17 bits per heavy atom. The van der Waals surface area contributed by atoms with E-state index in [0.29, 0.717) is 18.3 Å². The molecule has 35 heavy (non-hydrogen) atoms. The zero-order valence-electron chi connectivity index (χ0n) is 23.2. The molecule has 1 aliphatic heterocycles. The van der Waals surface area contributed by atoms with Crippen molar-refractivity contribution in [1.29, 1.82) is 0 Å². The van der Waals surface area contributed by atoms with Crippen molar-refractivity contribution in [3.63, 3.8) is 0 Å². The first-order valence-corrected chi connectivity index (χ1v) is 13.0. The number of phenols is 1. The number of ether oxygens (including phenoxy) is 1. The maximum Gasteiger partial charge on any atom is 0.411 e. The minimum atomic E-state index is -0.675. The lowest BCUT2D eigenvalue weighted by Crippen LogP contribution is -2.57. The van der Waals surface area contributed by atoms with Crippen molar-refractivity contribution in [3.05, 3.63) is 29.3 Å². The van der Waals surface area contributed by atoms with Gasteiger partial charge in [-0.1, -0.05) is 47.6 Å². The van der Waals surface area contributed by atoms with E-state index in [9.17, 15) is 14.7 Å². The van der Waals surface area contributed by atoms with E-state index in [0.717, 1.165) is 30.8 Å². The quantitative estimate of drug-likeness (QED) is 0.520. The summed E-state index contributed by atoms with van der Waals surface area (Å²) in [7, 11) is 0. The highest BCUT2D eigenvalue weighted by molar-refractivity contribution is 5.87. The summed E-state index contributed by atoms with van der Waals surface area (Å²) < 4.78 is 5.64. The molecule has 0 bridgehead atoms. The van der Waals surface area contributed by atoms with Crippen molar-refractivity contribution in [2.75, 3.05) is 19.6 Å². The molecule has 1 aromatic carbocycles. The van der Waals surface area contributed by atoms with Crippen LogP contribution >= 0.6 is 0 Å². The smallest absolute Gasteiger partial charge is 0.411 e. The second-order valence-corrected chi connectivity index (χ2v) is 12.1. The maximum absolute atomic E-state index is 13.7. The Labute approximate surface area is 212 Å². The molecule has 0 fully saturated rings. The Morgan fingerprint density at radius 1 is 1.06 bits per heavy atom. The summed E-state index contributed by atoms with van der Waals surface area (Å²) in [4.78, 5) is 30.7. The minimum Gasteiger partial charge on any atom is -0.508 e. The normalized spacial score (nSPS) is 17.2. The van der Waals surface area contributed by atoms with Gasteiger partial charge in [0.2, 0.25) is 5.91 Å². The molecular weight excluding hydrogens is 442 g/mol. The van der Waals surface area contributed by atoms with Gasteiger partial charge in [0.1, 0.15) is 17.4 Å². The highest BCUT2D eigenvalue weighted by Gasteiger charge is 2.38. The molecule has 198 valence electrons. The van der Waals surface area contributed by atoms with Crippen LogP contribution in [0.1, 0.15) is 73.4 Å². The van der Waals surface area contributed by atoms with E-state index in [2.05, 4.69) is 51.8 Å². The lowest BCUT2D eigenvalue weighted by molar-refractivity contribution is -0.128. The molecule has 0 saturated heterocycles. The summed E-state index contributed by atoms with van der Waals surface area (Å²) in [5, 5.41) is 13.2. The number of carbonyl (C=O) groups excluding carboxylic acids is 2. The number of fused-ring (bicyclic) bond motifs is 1. The molecular formula is C28H47N3O4. The summed E-state index contributed by atoms with van der Waals surface area (Å²) in [6, 6.07) is 4.41. The highest BCUT2D eigenvalue weighted by Crippen LogP contribution is 2.28. The Balaban J connectivity index is 2.27. The fraction of sp³-hybridized carbons (Fsp3) is 0.714. The third-order valence-corrected chi connectivity index (χ3v) is 6.08. The van der Waals surface area contributed by atoms with Gasteiger partial charge in [-0.2, -0.15) is 0 Å². The fourth-order valence-corrected chi connectivity index (χ4v) is 4.55. The van der Waals surface area contributed by atoms with Crippen LogP contribution in [0.2, 0.25) is 0 Å². The lowest BCUT2D eigenvalue weighted by Gasteiger charge is -2.38. The zero-order valence-corrected chi connectivity index (χ0v) is 23.2. The molecule has 2 N–H and O–H groups in total. The van der Waals surface area contributed by atoms with Crippen molar-refractivity contribution < 1.29 is 19.4 Å². The first kappa shape index (κ1) is 29.0. The number of phenolic OH excluding ortho intramolecular Hbond substituents is 1. The van der Waals surface area contributed by atoms with E-state index in [1.807, 2.05) is 26.8 Å². The summed E-state index contributed by atoms with van der Waals surface area (Å²) >= 11 is 0. The Morgan fingerprint density at radius 2 is 1.66 bits per heavy atom. The topological polar surface area (TPSA) is 82.1 Å². The van der Waals surface area contributed by atoms with Crippen LogP contribution in [0.25, 0.3) is 0 Å². The second-order valence-electron chi connectivity index (χ2n) is 12.1. The van der Waals surface area contributed by atoms with Crippen molar-refractivity contribution in [2.45, 2.75) is 93.0 Å². The second kappa shape index (κ2) is 12.1. The van der Waals surface area contributed by atoms with Crippen LogP contribution in [-0.2, 0) is 22.5 Å². The largest absolute Gasteiger partial charge is 0.508 e. The van der Waals surface area contributed by atoms with Gasteiger partial charge < -0.3 is 20.1 Å². The number of rotatable bonds is 9. The molecule has 1 aliphatic rings. The Bertz CT molecular complexity index is 850. The highest BCUT2D eigenvalue weighted by atomic mass is 16.6. The van der Waals surface area contributed by atoms with E-state index in [1.54, 1.807) is 12.1 Å². The van der Waals surface area contributed by atoms with Gasteiger partial charge in [-0.25, -0.2) is 4.79 Å². The summed E-state index contributed by atoms with van der Waals surface area (Å²) in [5.41, 5.74) is 1.12. The van der Waals surface area contributed by atoms with Crippen LogP contribution < -0.4 is 5.32 Å². The molecule has 0 unspecified atom stereocenters. The standard InChI is InChI=1S/C28H47N3O4/c1-18(2)14-30(15-19(3)4)17-24(20(5)6)29-26(33)25-13-21-10-11-23(32)12-22(21)16-31(25)27(34)35-28(7,8)9/h10-12,18-20,24-25,32H,13-17H2,1-9H3,(H,29,33)/t24-,25-/m1/s1. The third-order valence-electron chi connectivity index (χ3n) is 6.08. The number of nitrogens with zero attached hydrogens (tertiary/aromatic N) is 2. The molecule has 1 heterocycles. The van der Waals surface area contributed by atoms with Gasteiger partial charge in [0, 0.05) is 32.1 Å². The predicted octanol–water partition coefficient (Wildman–Crippen LogP) is 4.81. The lowest BCUT2D eigenvalue weighted by atomic mass is 9.92. The Kier molecular flexibility index (Phi) is 10.0. The summed E-state index contributed by atoms with van der Waals surface area (Å²) in [6.45, 7) is 21.5. The van der Waals surface area contributed by atoms with E-state index < -0.39 is 17.7 Å². The van der Waals surface area contributed by atoms with Gasteiger partial charge in [-0.05, 0) is 61.8 Å². The van der Waals surface area contributed by atoms with Crippen molar-refractivity contribution >= 4 is 12.0 Å². The van der Waals surface area contributed by atoms with Crippen LogP contribution in [0.3, 0.4) is 0 Å². The van der Waals surface area contributed by atoms with Crippen LogP contribution in [-0.4, -0.2) is 64.2 Å². The van der Waals surface area contributed by atoms with E-state index in [1.165, 1.54) is 4.90 Å². The van der Waals surface area contributed by atoms with Crippen molar-refractivity contribution in [3.8, 4) is 5.75 Å². The number of carbonyl (C=O) groups is 2. The predicted molar refractivity (Wildman–Crippen MR) is 140 cm³/mol. The van der Waals surface area contributed by atoms with Gasteiger partial charge >= 0.3 is 6.09 Å². The average Bonchev–Trinajstić information content (AvgIpc) is 2.69. The minimum absolute atomic E-state index is 0.0401. The molecule has 1 aromatic rings. The van der Waals surface area contributed by atoms with Gasteiger partial charge in [-0.3, -0.25) is 9.69 Å². The van der Waals surface area contributed by atoms with Crippen LogP contribution in [0.15, 0.2) is 18.2 Å². The fourth-order valence-electron chi connectivity index (χ4n) is 4.55. The van der Waals surface area contributed by atoms with Gasteiger partial charge in [0.15, 0.2) is 0 Å². The molecule has 0 saturated carbocycles. The third kappa shape index (κ3) is 9.02. The van der Waals surface area contributed by atoms with Gasteiger partial charge in [-0.15, -0.1) is 0 Å². The first-order valence-electron chi connectivity index (χ1n) is 13.0. The molecule has 7 heteroatoms. The molecule has 0 radical (unpaired) electrons. The molecule has 2 atom stereocenters. The first-order chi connectivity index (χ1) is 16.2. The molecule has 0 spiro atoms. The summed E-state index contributed by atoms with van der Waals surface area (Å²) in [5.74, 6) is 1.29. The van der Waals surface area contributed by atoms with Crippen LogP contribution in [0.5, 0.6) is 5.75 Å². The van der Waals surface area contributed by atoms with Crippen LogP contribution in [0, 0.1) is 17.8 Å². The zero-order chi connectivity index (χ0) is 26.5.